The smallest absolute Gasteiger partial charge is 0.338 e. The van der Waals surface area contributed by atoms with Gasteiger partial charge in [0.1, 0.15) is 11.1 Å². The number of fused-ring (bicyclic) bond motifs is 1. The Morgan fingerprint density at radius 3 is 2.63 bits per heavy atom. The molecule has 0 bridgehead atoms. The SMILES string of the molecule is N#Cc1c(NC(=O)COC(=O)c2ccc(CO)cc2)sc2c1CCCCC2. The van der Waals surface area contributed by atoms with Crippen molar-refractivity contribution in [2.45, 2.75) is 38.7 Å². The maximum Gasteiger partial charge on any atom is 0.338 e. The third kappa shape index (κ3) is 4.54. The number of rotatable bonds is 5. The summed E-state index contributed by atoms with van der Waals surface area (Å²) in [6.45, 7) is -0.530. The van der Waals surface area contributed by atoms with Crippen molar-refractivity contribution in [3.8, 4) is 6.07 Å². The van der Waals surface area contributed by atoms with E-state index < -0.39 is 18.5 Å². The van der Waals surface area contributed by atoms with Gasteiger partial charge in [0.05, 0.1) is 17.7 Å². The van der Waals surface area contributed by atoms with Gasteiger partial charge in [0.2, 0.25) is 0 Å². The minimum absolute atomic E-state index is 0.107. The van der Waals surface area contributed by atoms with Crippen LogP contribution < -0.4 is 5.32 Å². The van der Waals surface area contributed by atoms with Gasteiger partial charge in [-0.2, -0.15) is 5.26 Å². The van der Waals surface area contributed by atoms with Crippen molar-refractivity contribution in [3.05, 3.63) is 51.4 Å². The standard InChI is InChI=1S/C20H20N2O4S/c21-10-16-15-4-2-1-3-5-17(15)27-19(16)22-18(24)12-26-20(25)14-8-6-13(11-23)7-9-14/h6-9,23H,1-5,11-12H2,(H,22,24). The summed E-state index contributed by atoms with van der Waals surface area (Å²) in [5, 5.41) is 21.7. The molecule has 1 aromatic carbocycles. The number of esters is 1. The van der Waals surface area contributed by atoms with E-state index in [2.05, 4.69) is 11.4 Å². The van der Waals surface area contributed by atoms with Crippen molar-refractivity contribution in [1.82, 2.24) is 0 Å². The lowest BCUT2D eigenvalue weighted by Crippen LogP contribution is -2.20. The predicted octanol–water partition coefficient (Wildman–Crippen LogP) is 3.18. The molecule has 0 aliphatic heterocycles. The van der Waals surface area contributed by atoms with Crippen LogP contribution in [0.4, 0.5) is 5.00 Å². The highest BCUT2D eigenvalue weighted by Gasteiger charge is 2.21. The molecule has 1 heterocycles. The highest BCUT2D eigenvalue weighted by Crippen LogP contribution is 2.36. The van der Waals surface area contributed by atoms with Gasteiger partial charge in [-0.1, -0.05) is 18.6 Å². The van der Waals surface area contributed by atoms with Gasteiger partial charge in [-0.15, -0.1) is 11.3 Å². The summed E-state index contributed by atoms with van der Waals surface area (Å²) in [5.74, 6) is -1.08. The summed E-state index contributed by atoms with van der Waals surface area (Å²) in [7, 11) is 0. The molecular weight excluding hydrogens is 364 g/mol. The highest BCUT2D eigenvalue weighted by atomic mass is 32.1. The van der Waals surface area contributed by atoms with Crippen LogP contribution in [0.3, 0.4) is 0 Å². The summed E-state index contributed by atoms with van der Waals surface area (Å²) in [4.78, 5) is 25.3. The number of nitriles is 1. The largest absolute Gasteiger partial charge is 0.452 e. The number of hydrogen-bond donors (Lipinski definition) is 2. The minimum Gasteiger partial charge on any atom is -0.452 e. The maximum absolute atomic E-state index is 12.2. The molecule has 1 aliphatic carbocycles. The lowest BCUT2D eigenvalue weighted by molar-refractivity contribution is -0.119. The Bertz CT molecular complexity index is 881. The van der Waals surface area contributed by atoms with Crippen LogP contribution in [0.1, 0.15) is 51.2 Å². The molecule has 0 saturated heterocycles. The predicted molar refractivity (Wildman–Crippen MR) is 102 cm³/mol. The summed E-state index contributed by atoms with van der Waals surface area (Å²) in [6, 6.07) is 8.52. The molecule has 2 aromatic rings. The number of anilines is 1. The Balaban J connectivity index is 1.61. The van der Waals surface area contributed by atoms with Crippen molar-refractivity contribution in [1.29, 1.82) is 5.26 Å². The molecule has 3 rings (SSSR count). The zero-order chi connectivity index (χ0) is 19.2. The van der Waals surface area contributed by atoms with E-state index in [1.807, 2.05) is 0 Å². The van der Waals surface area contributed by atoms with Crippen LogP contribution in [0.15, 0.2) is 24.3 Å². The van der Waals surface area contributed by atoms with Gasteiger partial charge in [-0.25, -0.2) is 4.79 Å². The Hall–Kier alpha value is -2.69. The molecule has 140 valence electrons. The molecular formula is C20H20N2O4S. The molecule has 0 unspecified atom stereocenters. The van der Waals surface area contributed by atoms with Gasteiger partial charge in [0.15, 0.2) is 6.61 Å². The molecule has 1 amide bonds. The highest BCUT2D eigenvalue weighted by molar-refractivity contribution is 7.16. The maximum atomic E-state index is 12.2. The Labute approximate surface area is 161 Å². The first-order chi connectivity index (χ1) is 13.1. The van der Waals surface area contributed by atoms with Gasteiger partial charge in [-0.3, -0.25) is 4.79 Å². The fraction of sp³-hybridized carbons (Fsp3) is 0.350. The average molecular weight is 384 g/mol. The third-order valence-corrected chi connectivity index (χ3v) is 5.70. The molecule has 0 spiro atoms. The quantitative estimate of drug-likeness (QED) is 0.609. The summed E-state index contributed by atoms with van der Waals surface area (Å²) >= 11 is 1.44. The van der Waals surface area contributed by atoms with Crippen molar-refractivity contribution in [2.75, 3.05) is 11.9 Å². The number of carbonyl (C=O) groups is 2. The van der Waals surface area contributed by atoms with E-state index in [1.54, 1.807) is 12.1 Å². The fourth-order valence-electron chi connectivity index (χ4n) is 3.07. The molecule has 27 heavy (non-hydrogen) atoms. The van der Waals surface area contributed by atoms with Gasteiger partial charge in [0, 0.05) is 4.88 Å². The van der Waals surface area contributed by atoms with Crippen molar-refractivity contribution in [2.24, 2.45) is 0 Å². The minimum atomic E-state index is -0.614. The van der Waals surface area contributed by atoms with Crippen molar-refractivity contribution in [3.63, 3.8) is 0 Å². The molecule has 0 fully saturated rings. The van der Waals surface area contributed by atoms with E-state index in [0.29, 0.717) is 21.7 Å². The first-order valence-electron chi connectivity index (χ1n) is 8.83. The van der Waals surface area contributed by atoms with Gasteiger partial charge in [-0.05, 0) is 48.9 Å². The van der Waals surface area contributed by atoms with Gasteiger partial charge < -0.3 is 15.2 Å². The molecule has 1 aromatic heterocycles. The molecule has 2 N–H and O–H groups in total. The van der Waals surface area contributed by atoms with Crippen LogP contribution in [0.5, 0.6) is 0 Å². The van der Waals surface area contributed by atoms with E-state index in [9.17, 15) is 14.9 Å². The zero-order valence-corrected chi connectivity index (χ0v) is 15.6. The van der Waals surface area contributed by atoms with E-state index in [0.717, 1.165) is 37.7 Å². The lowest BCUT2D eigenvalue weighted by Gasteiger charge is -2.06. The summed E-state index contributed by atoms with van der Waals surface area (Å²) in [5.41, 5.74) is 2.58. The van der Waals surface area contributed by atoms with Crippen LogP contribution in [-0.4, -0.2) is 23.6 Å². The second-order valence-electron chi connectivity index (χ2n) is 6.36. The monoisotopic (exact) mass is 384 g/mol. The number of amides is 1. The number of nitrogens with one attached hydrogen (secondary N) is 1. The van der Waals surface area contributed by atoms with Crippen LogP contribution in [0, 0.1) is 11.3 Å². The van der Waals surface area contributed by atoms with E-state index in [-0.39, 0.29) is 6.61 Å². The number of ether oxygens (including phenoxy) is 1. The summed E-state index contributed by atoms with van der Waals surface area (Å²) in [6.07, 6.45) is 5.10. The van der Waals surface area contributed by atoms with Crippen LogP contribution >= 0.6 is 11.3 Å². The molecule has 0 saturated carbocycles. The second kappa shape index (κ2) is 8.80. The Morgan fingerprint density at radius 2 is 1.93 bits per heavy atom. The van der Waals surface area contributed by atoms with E-state index >= 15 is 0 Å². The first-order valence-corrected chi connectivity index (χ1v) is 9.65. The Morgan fingerprint density at radius 1 is 1.19 bits per heavy atom. The van der Waals surface area contributed by atoms with E-state index in [1.165, 1.54) is 28.3 Å². The van der Waals surface area contributed by atoms with Crippen LogP contribution in [0.25, 0.3) is 0 Å². The second-order valence-corrected chi connectivity index (χ2v) is 7.46. The normalized spacial score (nSPS) is 13.2. The number of hydrogen-bond acceptors (Lipinski definition) is 6. The first kappa shape index (κ1) is 19.1. The number of aliphatic hydroxyl groups is 1. The van der Waals surface area contributed by atoms with Crippen molar-refractivity contribution < 1.29 is 19.4 Å². The number of benzene rings is 1. The topological polar surface area (TPSA) is 99.4 Å². The van der Waals surface area contributed by atoms with Crippen molar-refractivity contribution >= 4 is 28.2 Å². The number of aliphatic hydroxyl groups excluding tert-OH is 1. The summed E-state index contributed by atoms with van der Waals surface area (Å²) < 4.78 is 5.04. The van der Waals surface area contributed by atoms with E-state index in [4.69, 9.17) is 9.84 Å². The third-order valence-electron chi connectivity index (χ3n) is 4.49. The fourth-order valence-corrected chi connectivity index (χ4v) is 4.33. The number of aryl methyl sites for hydroxylation is 1. The zero-order valence-electron chi connectivity index (χ0n) is 14.8. The molecule has 6 nitrogen and oxygen atoms in total. The van der Waals surface area contributed by atoms with Gasteiger partial charge >= 0.3 is 5.97 Å². The number of nitrogens with zero attached hydrogens (tertiary/aromatic N) is 1. The lowest BCUT2D eigenvalue weighted by atomic mass is 10.1. The number of thiophene rings is 1. The average Bonchev–Trinajstić information content (AvgIpc) is 2.85. The molecule has 0 atom stereocenters. The molecule has 0 radical (unpaired) electrons. The molecule has 7 heteroatoms. The number of carbonyl (C=O) groups excluding carboxylic acids is 2. The van der Waals surface area contributed by atoms with Gasteiger partial charge in [0.25, 0.3) is 5.91 Å². The van der Waals surface area contributed by atoms with Crippen LogP contribution in [-0.2, 0) is 29.0 Å². The van der Waals surface area contributed by atoms with Crippen LogP contribution in [0.2, 0.25) is 0 Å². The molecule has 1 aliphatic rings. The Kier molecular flexibility index (Phi) is 6.22.